The topological polar surface area (TPSA) is 72.9 Å². The molecule has 0 aliphatic heterocycles. The standard InChI is InChI=1S/C10H16N6/c1-7-6-8(15(2)5-4-11)9-10(12-7)16(3)14-13-9/h6H,4-5,11H2,1-3H3. The van der Waals surface area contributed by atoms with Gasteiger partial charge in [-0.25, -0.2) is 9.67 Å². The smallest absolute Gasteiger partial charge is 0.180 e. The first-order valence-corrected chi connectivity index (χ1v) is 5.21. The predicted octanol–water partition coefficient (Wildman–Crippen LogP) is 0.0666. The van der Waals surface area contributed by atoms with Crippen LogP contribution >= 0.6 is 0 Å². The summed E-state index contributed by atoms with van der Waals surface area (Å²) in [4.78, 5) is 6.49. The van der Waals surface area contributed by atoms with E-state index in [1.165, 1.54) is 0 Å². The fourth-order valence-corrected chi connectivity index (χ4v) is 1.71. The third-order valence-corrected chi connectivity index (χ3v) is 2.54. The van der Waals surface area contributed by atoms with Crippen molar-refractivity contribution in [3.8, 4) is 0 Å². The van der Waals surface area contributed by atoms with Crippen LogP contribution < -0.4 is 10.6 Å². The molecule has 0 aliphatic rings. The minimum absolute atomic E-state index is 0.611. The molecule has 0 spiro atoms. The van der Waals surface area contributed by atoms with Crippen LogP contribution in [0, 0.1) is 6.92 Å². The first-order chi connectivity index (χ1) is 7.63. The van der Waals surface area contributed by atoms with E-state index in [-0.39, 0.29) is 0 Å². The van der Waals surface area contributed by atoms with Crippen molar-refractivity contribution in [2.24, 2.45) is 12.8 Å². The zero-order chi connectivity index (χ0) is 11.7. The molecule has 0 saturated carbocycles. The summed E-state index contributed by atoms with van der Waals surface area (Å²) in [6.45, 7) is 3.36. The molecule has 0 atom stereocenters. The number of nitrogens with two attached hydrogens (primary N) is 1. The molecule has 6 nitrogen and oxygen atoms in total. The van der Waals surface area contributed by atoms with Gasteiger partial charge in [0.15, 0.2) is 11.2 Å². The van der Waals surface area contributed by atoms with Crippen LogP contribution in [-0.2, 0) is 7.05 Å². The van der Waals surface area contributed by atoms with Gasteiger partial charge in [-0.2, -0.15) is 0 Å². The average molecular weight is 220 g/mol. The normalized spacial score (nSPS) is 11.0. The maximum Gasteiger partial charge on any atom is 0.180 e. The van der Waals surface area contributed by atoms with Gasteiger partial charge in [0, 0.05) is 32.9 Å². The highest BCUT2D eigenvalue weighted by Crippen LogP contribution is 2.23. The summed E-state index contributed by atoms with van der Waals surface area (Å²) in [6.07, 6.45) is 0. The number of pyridine rings is 1. The Kier molecular flexibility index (Phi) is 2.74. The number of hydrogen-bond acceptors (Lipinski definition) is 5. The van der Waals surface area contributed by atoms with E-state index in [2.05, 4.69) is 20.2 Å². The van der Waals surface area contributed by atoms with E-state index in [4.69, 9.17) is 5.73 Å². The van der Waals surface area contributed by atoms with Crippen molar-refractivity contribution in [2.75, 3.05) is 25.0 Å². The van der Waals surface area contributed by atoms with Gasteiger partial charge in [-0.3, -0.25) is 0 Å². The predicted molar refractivity (Wildman–Crippen MR) is 63.4 cm³/mol. The Balaban J connectivity index is 2.59. The molecule has 6 heteroatoms. The first kappa shape index (κ1) is 10.8. The number of hydrogen-bond donors (Lipinski definition) is 1. The van der Waals surface area contributed by atoms with Gasteiger partial charge in [0.25, 0.3) is 0 Å². The molecular formula is C10H16N6. The number of anilines is 1. The number of aryl methyl sites for hydroxylation is 2. The van der Waals surface area contributed by atoms with Gasteiger partial charge in [0.2, 0.25) is 0 Å². The summed E-state index contributed by atoms with van der Waals surface area (Å²) < 4.78 is 1.68. The third-order valence-electron chi connectivity index (χ3n) is 2.54. The van der Waals surface area contributed by atoms with E-state index in [0.29, 0.717) is 6.54 Å². The molecule has 0 saturated heterocycles. The van der Waals surface area contributed by atoms with Gasteiger partial charge in [-0.15, -0.1) is 5.10 Å². The number of likely N-dealkylation sites (N-methyl/N-ethyl adjacent to an activating group) is 1. The maximum absolute atomic E-state index is 5.56. The van der Waals surface area contributed by atoms with E-state index in [1.807, 2.05) is 27.1 Å². The Morgan fingerprint density at radius 1 is 1.50 bits per heavy atom. The number of aromatic nitrogens is 4. The van der Waals surface area contributed by atoms with Crippen molar-refractivity contribution in [2.45, 2.75) is 6.92 Å². The maximum atomic E-state index is 5.56. The second-order valence-electron chi connectivity index (χ2n) is 3.88. The van der Waals surface area contributed by atoms with E-state index >= 15 is 0 Å². The third kappa shape index (κ3) is 1.71. The lowest BCUT2D eigenvalue weighted by Crippen LogP contribution is -2.25. The first-order valence-electron chi connectivity index (χ1n) is 5.21. The van der Waals surface area contributed by atoms with Gasteiger partial charge in [-0.1, -0.05) is 5.21 Å². The molecule has 2 heterocycles. The summed E-state index contributed by atoms with van der Waals surface area (Å²) in [5, 5.41) is 8.12. The van der Waals surface area contributed by atoms with Crippen molar-refractivity contribution in [1.82, 2.24) is 20.0 Å². The van der Waals surface area contributed by atoms with Gasteiger partial charge in [-0.05, 0) is 13.0 Å². The molecule has 0 aromatic carbocycles. The van der Waals surface area contributed by atoms with Gasteiger partial charge < -0.3 is 10.6 Å². The summed E-state index contributed by atoms with van der Waals surface area (Å²) in [5.41, 5.74) is 9.17. The van der Waals surface area contributed by atoms with E-state index in [0.717, 1.165) is 29.1 Å². The Hall–Kier alpha value is -1.69. The van der Waals surface area contributed by atoms with Gasteiger partial charge in [0.05, 0.1) is 5.69 Å². The highest BCUT2D eigenvalue weighted by Gasteiger charge is 2.12. The second-order valence-corrected chi connectivity index (χ2v) is 3.88. The lowest BCUT2D eigenvalue weighted by molar-refractivity contribution is 0.729. The number of rotatable bonds is 3. The fraction of sp³-hybridized carbons (Fsp3) is 0.500. The van der Waals surface area contributed by atoms with Crippen LogP contribution in [0.1, 0.15) is 5.69 Å². The molecule has 0 amide bonds. The van der Waals surface area contributed by atoms with Crippen molar-refractivity contribution >= 4 is 16.9 Å². The van der Waals surface area contributed by atoms with Crippen LogP contribution in [0.3, 0.4) is 0 Å². The minimum atomic E-state index is 0.611. The quantitative estimate of drug-likeness (QED) is 0.792. The molecule has 0 unspecified atom stereocenters. The van der Waals surface area contributed by atoms with E-state index < -0.39 is 0 Å². The molecule has 0 bridgehead atoms. The average Bonchev–Trinajstić information content (AvgIpc) is 2.60. The number of fused-ring (bicyclic) bond motifs is 1. The SMILES string of the molecule is Cc1cc(N(C)CCN)c2nnn(C)c2n1. The lowest BCUT2D eigenvalue weighted by atomic mass is 10.2. The highest BCUT2D eigenvalue weighted by molar-refractivity contribution is 5.85. The van der Waals surface area contributed by atoms with Crippen LogP contribution in [-0.4, -0.2) is 40.1 Å². The number of nitrogens with zero attached hydrogens (tertiary/aromatic N) is 5. The van der Waals surface area contributed by atoms with E-state index in [1.54, 1.807) is 4.68 Å². The molecule has 2 N–H and O–H groups in total. The highest BCUT2D eigenvalue weighted by atomic mass is 15.4. The zero-order valence-electron chi connectivity index (χ0n) is 9.80. The lowest BCUT2D eigenvalue weighted by Gasteiger charge is -2.18. The summed E-state index contributed by atoms with van der Waals surface area (Å²) in [6, 6.07) is 2.01. The molecule has 2 rings (SSSR count). The summed E-state index contributed by atoms with van der Waals surface area (Å²) in [5.74, 6) is 0. The summed E-state index contributed by atoms with van der Waals surface area (Å²) >= 11 is 0. The molecule has 2 aromatic rings. The largest absolute Gasteiger partial charge is 0.371 e. The molecular weight excluding hydrogens is 204 g/mol. The van der Waals surface area contributed by atoms with Crippen LogP contribution in [0.15, 0.2) is 6.07 Å². The molecule has 16 heavy (non-hydrogen) atoms. The van der Waals surface area contributed by atoms with Crippen LogP contribution in [0.25, 0.3) is 11.2 Å². The monoisotopic (exact) mass is 220 g/mol. The summed E-state index contributed by atoms with van der Waals surface area (Å²) in [7, 11) is 3.84. The Labute approximate surface area is 94.1 Å². The van der Waals surface area contributed by atoms with Crippen molar-refractivity contribution in [1.29, 1.82) is 0 Å². The van der Waals surface area contributed by atoms with Crippen LogP contribution in [0.4, 0.5) is 5.69 Å². The van der Waals surface area contributed by atoms with Gasteiger partial charge >= 0.3 is 0 Å². The molecule has 2 aromatic heterocycles. The molecule has 0 fully saturated rings. The van der Waals surface area contributed by atoms with Crippen LogP contribution in [0.5, 0.6) is 0 Å². The van der Waals surface area contributed by atoms with E-state index in [9.17, 15) is 0 Å². The van der Waals surface area contributed by atoms with Crippen molar-refractivity contribution < 1.29 is 0 Å². The van der Waals surface area contributed by atoms with Crippen molar-refractivity contribution in [3.05, 3.63) is 11.8 Å². The second kappa shape index (κ2) is 4.05. The molecule has 0 radical (unpaired) electrons. The fourth-order valence-electron chi connectivity index (χ4n) is 1.71. The molecule has 86 valence electrons. The Morgan fingerprint density at radius 3 is 2.94 bits per heavy atom. The molecule has 0 aliphatic carbocycles. The zero-order valence-corrected chi connectivity index (χ0v) is 9.80. The Morgan fingerprint density at radius 2 is 2.25 bits per heavy atom. The Bertz CT molecular complexity index is 503. The van der Waals surface area contributed by atoms with Crippen molar-refractivity contribution in [3.63, 3.8) is 0 Å². The minimum Gasteiger partial charge on any atom is -0.371 e. The van der Waals surface area contributed by atoms with Crippen LogP contribution in [0.2, 0.25) is 0 Å². The van der Waals surface area contributed by atoms with Gasteiger partial charge in [0.1, 0.15) is 0 Å².